The van der Waals surface area contributed by atoms with Gasteiger partial charge in [-0.25, -0.2) is 29.2 Å². The molecule has 1 amide bonds. The molecule has 0 spiro atoms. The largest absolute Gasteiger partial charge is 0.495 e. The molecule has 0 atom stereocenters. The number of rotatable bonds is 6. The molecule has 1 aliphatic carbocycles. The van der Waals surface area contributed by atoms with Gasteiger partial charge in [0.2, 0.25) is 5.91 Å². The summed E-state index contributed by atoms with van der Waals surface area (Å²) in [7, 11) is 1.22. The van der Waals surface area contributed by atoms with Crippen LogP contribution in [0.4, 0.5) is 20.4 Å². The zero-order chi connectivity index (χ0) is 30.8. The smallest absolute Gasteiger partial charge is 0.284 e. The van der Waals surface area contributed by atoms with Crippen LogP contribution < -0.4 is 26.7 Å². The molecule has 0 radical (unpaired) electrons. The van der Waals surface area contributed by atoms with Gasteiger partial charge in [-0.15, -0.1) is 0 Å². The van der Waals surface area contributed by atoms with Crippen molar-refractivity contribution >= 4 is 34.9 Å². The molecular formula is C30H28F2N10O2. The maximum Gasteiger partial charge on any atom is 0.284 e. The van der Waals surface area contributed by atoms with Crippen LogP contribution in [0.15, 0.2) is 66.0 Å². The van der Waals surface area contributed by atoms with Crippen molar-refractivity contribution in [1.29, 1.82) is 0 Å². The summed E-state index contributed by atoms with van der Waals surface area (Å²) >= 11 is 0. The molecule has 5 heterocycles. The van der Waals surface area contributed by atoms with E-state index in [2.05, 4.69) is 48.0 Å². The Morgan fingerprint density at radius 1 is 1.07 bits per heavy atom. The number of alkyl halides is 2. The molecule has 14 heteroatoms. The maximum absolute atomic E-state index is 12.3. The number of nitrogens with zero attached hydrogens (tertiary/aromatic N) is 7. The lowest BCUT2D eigenvalue weighted by Crippen LogP contribution is -2.29. The average molecular weight is 599 g/mol. The molecule has 7 rings (SSSR count). The van der Waals surface area contributed by atoms with Gasteiger partial charge in [0.25, 0.3) is 6.43 Å². The fraction of sp³-hybridized carbons (Fsp3) is 0.200. The lowest BCUT2D eigenvalue weighted by Gasteiger charge is -2.14. The summed E-state index contributed by atoms with van der Waals surface area (Å²) in [5, 5.41) is 5.99. The van der Waals surface area contributed by atoms with Crippen LogP contribution in [0.1, 0.15) is 40.0 Å². The summed E-state index contributed by atoms with van der Waals surface area (Å²) < 4.78 is 31.3. The molecule has 0 bridgehead atoms. The lowest BCUT2D eigenvalue weighted by atomic mass is 10.1. The van der Waals surface area contributed by atoms with E-state index in [1.165, 1.54) is 24.7 Å². The van der Waals surface area contributed by atoms with Crippen LogP contribution in [0.25, 0.3) is 28.2 Å². The number of ether oxygens (including phenoxy) is 1. The fourth-order valence-corrected chi connectivity index (χ4v) is 5.14. The van der Waals surface area contributed by atoms with Gasteiger partial charge in [-0.2, -0.15) is 10.2 Å². The van der Waals surface area contributed by atoms with Crippen molar-refractivity contribution in [1.82, 2.24) is 29.9 Å². The van der Waals surface area contributed by atoms with Gasteiger partial charge in [0.15, 0.2) is 17.3 Å². The number of pyridine rings is 3. The zero-order valence-electron chi connectivity index (χ0n) is 23.6. The van der Waals surface area contributed by atoms with E-state index in [1.54, 1.807) is 11.3 Å². The first-order chi connectivity index (χ1) is 21.3. The van der Waals surface area contributed by atoms with Gasteiger partial charge in [0.1, 0.15) is 22.8 Å². The number of nitrogen functional groups attached to an aromatic ring is 1. The van der Waals surface area contributed by atoms with Crippen molar-refractivity contribution < 1.29 is 18.3 Å². The number of aryl methyl sites for hydroxylation is 2. The quantitative estimate of drug-likeness (QED) is 0.262. The molecule has 44 heavy (non-hydrogen) atoms. The SMILES string of the molecule is COc1cc(C(N)=O)cnc1C(F)F.Nc1ncccc1-c1nc2ccc(N3N=CCN3)nc2n1-c1ccc2c(c1)CCC2. The van der Waals surface area contributed by atoms with E-state index in [9.17, 15) is 13.6 Å². The van der Waals surface area contributed by atoms with Crippen LogP contribution in [0.5, 0.6) is 5.75 Å². The number of imidazole rings is 1. The van der Waals surface area contributed by atoms with Crippen molar-refractivity contribution in [3.8, 4) is 22.8 Å². The number of benzene rings is 1. The second-order valence-corrected chi connectivity index (χ2v) is 9.97. The molecule has 1 aromatic carbocycles. The Morgan fingerprint density at radius 2 is 1.91 bits per heavy atom. The lowest BCUT2D eigenvalue weighted by molar-refractivity contribution is 0.0998. The summed E-state index contributed by atoms with van der Waals surface area (Å²) in [5.41, 5.74) is 20.0. The predicted octanol–water partition coefficient (Wildman–Crippen LogP) is 3.99. The molecule has 0 saturated heterocycles. The van der Waals surface area contributed by atoms with Crippen LogP contribution >= 0.6 is 0 Å². The summed E-state index contributed by atoms with van der Waals surface area (Å²) in [6, 6.07) is 15.4. The molecule has 12 nitrogen and oxygen atoms in total. The number of anilines is 2. The second-order valence-electron chi connectivity index (χ2n) is 9.97. The Kier molecular flexibility index (Phi) is 7.81. The highest BCUT2D eigenvalue weighted by Crippen LogP contribution is 2.33. The number of aromatic nitrogens is 5. The highest BCUT2D eigenvalue weighted by molar-refractivity contribution is 5.92. The van der Waals surface area contributed by atoms with Crippen LogP contribution in [-0.4, -0.2) is 50.3 Å². The standard InChI is InChI=1S/C22H20N8.C8H8F2N2O2/c23-20-17(5-2-10-24-20)21-27-18-8-9-19(30-25-11-12-26-30)28-22(18)29(21)16-7-6-14-3-1-4-15(14)13-16;1-14-5-2-4(8(11)13)3-12-6(5)7(9)10/h2,5-11,13,26H,1,3-4,12H2,(H2,23,24);2-3,7H,1H3,(H2,11,13). The number of nitrogens with two attached hydrogens (primary N) is 2. The van der Waals surface area contributed by atoms with E-state index in [4.69, 9.17) is 21.4 Å². The first-order valence-electron chi connectivity index (χ1n) is 13.7. The molecule has 224 valence electrons. The fourth-order valence-electron chi connectivity index (χ4n) is 5.14. The Balaban J connectivity index is 0.000000208. The van der Waals surface area contributed by atoms with E-state index >= 15 is 0 Å². The Hall–Kier alpha value is -5.50. The third kappa shape index (κ3) is 5.49. The van der Waals surface area contributed by atoms with E-state index in [0.29, 0.717) is 18.2 Å². The average Bonchev–Trinajstić information content (AvgIpc) is 3.80. The maximum atomic E-state index is 12.3. The first-order valence-corrected chi connectivity index (χ1v) is 13.7. The molecule has 0 fully saturated rings. The summed E-state index contributed by atoms with van der Waals surface area (Å²) in [4.78, 5) is 28.1. The van der Waals surface area contributed by atoms with Gasteiger partial charge in [0, 0.05) is 24.3 Å². The number of carbonyl (C=O) groups excluding carboxylic acids is 1. The number of hydrazine groups is 1. The molecule has 5 aromatic rings. The minimum Gasteiger partial charge on any atom is -0.495 e. The van der Waals surface area contributed by atoms with Crippen LogP contribution in [-0.2, 0) is 12.8 Å². The van der Waals surface area contributed by atoms with Crippen LogP contribution in [0.3, 0.4) is 0 Å². The summed E-state index contributed by atoms with van der Waals surface area (Å²) in [5.74, 6) is 1.01. The zero-order valence-corrected chi connectivity index (χ0v) is 23.6. The van der Waals surface area contributed by atoms with Crippen molar-refractivity contribution in [2.75, 3.05) is 24.5 Å². The van der Waals surface area contributed by atoms with Gasteiger partial charge >= 0.3 is 0 Å². The van der Waals surface area contributed by atoms with E-state index in [0.717, 1.165) is 53.3 Å². The number of halogens is 2. The third-order valence-electron chi connectivity index (χ3n) is 7.25. The number of nitrogens with one attached hydrogen (secondary N) is 1. The third-order valence-corrected chi connectivity index (χ3v) is 7.25. The number of hydrogen-bond donors (Lipinski definition) is 3. The van der Waals surface area contributed by atoms with Crippen molar-refractivity contribution in [2.24, 2.45) is 10.8 Å². The topological polar surface area (TPSA) is 162 Å². The van der Waals surface area contributed by atoms with Gasteiger partial charge < -0.3 is 16.2 Å². The number of carbonyl (C=O) groups is 1. The number of methoxy groups -OCH3 is 1. The molecule has 5 N–H and O–H groups in total. The molecule has 4 aromatic heterocycles. The number of hydrazone groups is 1. The minimum atomic E-state index is -2.74. The monoisotopic (exact) mass is 598 g/mol. The van der Waals surface area contributed by atoms with E-state index in [-0.39, 0.29) is 11.3 Å². The highest BCUT2D eigenvalue weighted by Gasteiger charge is 2.22. The second kappa shape index (κ2) is 12.0. The predicted molar refractivity (Wildman–Crippen MR) is 162 cm³/mol. The van der Waals surface area contributed by atoms with Crippen LogP contribution in [0, 0.1) is 0 Å². The number of fused-ring (bicyclic) bond motifs is 2. The summed E-state index contributed by atoms with van der Waals surface area (Å²) in [6.07, 6.45) is 5.20. The first kappa shape index (κ1) is 28.6. The molecule has 2 aliphatic rings. The number of amides is 1. The number of primary amides is 1. The van der Waals surface area contributed by atoms with E-state index < -0.39 is 18.0 Å². The minimum absolute atomic E-state index is 0.0336. The summed E-state index contributed by atoms with van der Waals surface area (Å²) in [6.45, 7) is 0.682. The Morgan fingerprint density at radius 3 is 2.64 bits per heavy atom. The van der Waals surface area contributed by atoms with Gasteiger partial charge in [-0.1, -0.05) is 6.07 Å². The Bertz CT molecular complexity index is 1890. The van der Waals surface area contributed by atoms with Gasteiger partial charge in [-0.05, 0) is 72.9 Å². The highest BCUT2D eigenvalue weighted by atomic mass is 19.3. The van der Waals surface area contributed by atoms with Gasteiger partial charge in [0.05, 0.1) is 24.8 Å². The molecular weight excluding hydrogens is 570 g/mol. The van der Waals surface area contributed by atoms with E-state index in [1.807, 2.05) is 30.5 Å². The van der Waals surface area contributed by atoms with Crippen molar-refractivity contribution in [3.05, 3.63) is 83.3 Å². The van der Waals surface area contributed by atoms with Gasteiger partial charge in [-0.3, -0.25) is 14.3 Å². The van der Waals surface area contributed by atoms with Crippen molar-refractivity contribution in [3.63, 3.8) is 0 Å². The normalized spacial score (nSPS) is 13.7. The Labute approximate surface area is 250 Å². The van der Waals surface area contributed by atoms with Crippen molar-refractivity contribution in [2.45, 2.75) is 25.7 Å². The molecule has 1 aliphatic heterocycles. The molecule has 0 saturated carbocycles. The molecule has 0 unspecified atom stereocenters. The number of hydrogen-bond acceptors (Lipinski definition) is 10. The van der Waals surface area contributed by atoms with Crippen LogP contribution in [0.2, 0.25) is 0 Å².